The zero-order chi connectivity index (χ0) is 31.1. The Kier molecular flexibility index (Phi) is 8.17. The van der Waals surface area contributed by atoms with Gasteiger partial charge in [-0.3, -0.25) is 23.7 Å². The lowest BCUT2D eigenvalue weighted by atomic mass is 9.83. The summed E-state index contributed by atoms with van der Waals surface area (Å²) >= 11 is 2.16. The Labute approximate surface area is 262 Å². The summed E-state index contributed by atoms with van der Waals surface area (Å²) in [6, 6.07) is 20.5. The van der Waals surface area contributed by atoms with Crippen molar-refractivity contribution in [3.8, 4) is 0 Å². The average Bonchev–Trinajstić information content (AvgIpc) is 3.45. The van der Waals surface area contributed by atoms with Gasteiger partial charge in [-0.25, -0.2) is 9.29 Å². The third-order valence-corrected chi connectivity index (χ3v) is 10.7. The van der Waals surface area contributed by atoms with Crippen LogP contribution in [-0.2, 0) is 20.9 Å². The predicted octanol–water partition coefficient (Wildman–Crippen LogP) is 5.64. The molecule has 1 N–H and O–H groups in total. The third-order valence-electron chi connectivity index (χ3n) is 8.12. The molecule has 3 amide bonds. The predicted molar refractivity (Wildman–Crippen MR) is 172 cm³/mol. The van der Waals surface area contributed by atoms with Crippen LogP contribution in [0, 0.1) is 18.7 Å². The van der Waals surface area contributed by atoms with E-state index in [9.17, 15) is 23.6 Å². The molecule has 3 heterocycles. The number of anilines is 3. The molecule has 0 aliphatic carbocycles. The molecular weight excluding hydrogens is 600 g/mol. The first-order chi connectivity index (χ1) is 21.2. The molecule has 2 aliphatic rings. The molecular formula is C33H31FN4O4S2. The van der Waals surface area contributed by atoms with Crippen molar-refractivity contribution in [3.05, 3.63) is 104 Å². The minimum absolute atomic E-state index is 0.236. The van der Waals surface area contributed by atoms with Gasteiger partial charge in [0.1, 0.15) is 17.6 Å². The molecule has 1 saturated heterocycles. The maximum absolute atomic E-state index is 14.0. The molecule has 3 aromatic carbocycles. The summed E-state index contributed by atoms with van der Waals surface area (Å²) in [4.78, 5) is 58.1. The van der Waals surface area contributed by atoms with Gasteiger partial charge in [0.05, 0.1) is 16.6 Å². The summed E-state index contributed by atoms with van der Waals surface area (Å²) in [5.41, 5.74) is 3.74. The minimum Gasteiger partial charge on any atom is -0.372 e. The molecule has 2 unspecified atom stereocenters. The lowest BCUT2D eigenvalue weighted by Crippen LogP contribution is -2.33. The van der Waals surface area contributed by atoms with Gasteiger partial charge < -0.3 is 10.2 Å². The van der Waals surface area contributed by atoms with E-state index in [-0.39, 0.29) is 17.3 Å². The lowest BCUT2D eigenvalue weighted by molar-refractivity contribution is -0.122. The molecule has 6 rings (SSSR count). The van der Waals surface area contributed by atoms with Crippen LogP contribution >= 0.6 is 23.1 Å². The van der Waals surface area contributed by atoms with E-state index in [1.54, 1.807) is 6.07 Å². The highest BCUT2D eigenvalue weighted by molar-refractivity contribution is 8.00. The number of nitrogens with one attached hydrogen (secondary N) is 1. The van der Waals surface area contributed by atoms with E-state index in [0.29, 0.717) is 21.3 Å². The number of thioether (sulfide) groups is 1. The third kappa shape index (κ3) is 5.35. The first-order valence-corrected chi connectivity index (χ1v) is 16.1. The van der Waals surface area contributed by atoms with Gasteiger partial charge in [0.15, 0.2) is 0 Å². The van der Waals surface area contributed by atoms with Crippen LogP contribution in [0.2, 0.25) is 0 Å². The van der Waals surface area contributed by atoms with Crippen molar-refractivity contribution in [1.82, 2.24) is 4.57 Å². The van der Waals surface area contributed by atoms with Crippen LogP contribution in [0.15, 0.2) is 82.6 Å². The number of aryl methyl sites for hydroxylation is 1. The highest BCUT2D eigenvalue weighted by atomic mass is 32.2. The van der Waals surface area contributed by atoms with Crippen LogP contribution in [-0.4, -0.2) is 40.6 Å². The van der Waals surface area contributed by atoms with Crippen molar-refractivity contribution in [2.45, 2.75) is 43.5 Å². The van der Waals surface area contributed by atoms with E-state index in [0.717, 1.165) is 57.9 Å². The Morgan fingerprint density at radius 2 is 1.66 bits per heavy atom. The second-order valence-corrected chi connectivity index (χ2v) is 13.0. The number of carbonyl (C=O) groups excluding carboxylic acids is 3. The molecule has 226 valence electrons. The van der Waals surface area contributed by atoms with Crippen molar-refractivity contribution < 1.29 is 18.8 Å². The van der Waals surface area contributed by atoms with E-state index in [2.05, 4.69) is 24.1 Å². The molecule has 4 aromatic rings. The number of hydrogen-bond acceptors (Lipinski definition) is 7. The molecule has 2 aliphatic heterocycles. The van der Waals surface area contributed by atoms with Gasteiger partial charge in [-0.2, -0.15) is 0 Å². The SMILES string of the molecule is CCN(CC)c1ccc([C@H]2c3sc(=O)n(CC(=O)Nc4cccc(C)c4)c3SC3C(=O)N(c4ccc(F)cc4)C(=O)C32)cc1. The Morgan fingerprint density at radius 1 is 0.955 bits per heavy atom. The number of aromatic nitrogens is 1. The Bertz CT molecular complexity index is 1800. The molecule has 11 heteroatoms. The number of fused-ring (bicyclic) bond motifs is 2. The molecule has 3 atom stereocenters. The zero-order valence-electron chi connectivity index (χ0n) is 24.5. The normalized spacial score (nSPS) is 19.1. The van der Waals surface area contributed by atoms with Crippen molar-refractivity contribution in [2.24, 2.45) is 5.92 Å². The van der Waals surface area contributed by atoms with E-state index in [4.69, 9.17) is 0 Å². The average molecular weight is 631 g/mol. The number of rotatable bonds is 8. The van der Waals surface area contributed by atoms with E-state index in [1.807, 2.05) is 49.4 Å². The van der Waals surface area contributed by atoms with Crippen molar-refractivity contribution in [2.75, 3.05) is 28.2 Å². The Hall–Kier alpha value is -4.22. The van der Waals surface area contributed by atoms with Gasteiger partial charge in [0, 0.05) is 35.3 Å². The second kappa shape index (κ2) is 12.0. The Balaban J connectivity index is 1.41. The van der Waals surface area contributed by atoms with Crippen LogP contribution in [0.25, 0.3) is 0 Å². The minimum atomic E-state index is -0.826. The monoisotopic (exact) mass is 630 g/mol. The number of thiazole rings is 1. The summed E-state index contributed by atoms with van der Waals surface area (Å²) in [7, 11) is 0. The first-order valence-electron chi connectivity index (χ1n) is 14.4. The molecule has 0 spiro atoms. The van der Waals surface area contributed by atoms with Gasteiger partial charge in [0.25, 0.3) is 0 Å². The van der Waals surface area contributed by atoms with Gasteiger partial charge >= 0.3 is 4.87 Å². The summed E-state index contributed by atoms with van der Waals surface area (Å²) < 4.78 is 15.1. The largest absolute Gasteiger partial charge is 0.372 e. The first kappa shape index (κ1) is 29.8. The van der Waals surface area contributed by atoms with Crippen LogP contribution in [0.1, 0.15) is 35.8 Å². The van der Waals surface area contributed by atoms with Crippen LogP contribution in [0.5, 0.6) is 0 Å². The maximum atomic E-state index is 14.0. The lowest BCUT2D eigenvalue weighted by Gasteiger charge is -2.31. The fraction of sp³-hybridized carbons (Fsp3) is 0.273. The van der Waals surface area contributed by atoms with E-state index >= 15 is 0 Å². The number of carbonyl (C=O) groups is 3. The van der Waals surface area contributed by atoms with Crippen LogP contribution in [0.4, 0.5) is 21.5 Å². The molecule has 8 nitrogen and oxygen atoms in total. The number of benzene rings is 3. The molecule has 1 aromatic heterocycles. The fourth-order valence-electron chi connectivity index (χ4n) is 6.01. The number of halogens is 1. The van der Waals surface area contributed by atoms with Crippen LogP contribution in [0.3, 0.4) is 0 Å². The Morgan fingerprint density at radius 3 is 2.32 bits per heavy atom. The maximum Gasteiger partial charge on any atom is 0.308 e. The summed E-state index contributed by atoms with van der Waals surface area (Å²) in [6.45, 7) is 7.51. The quantitative estimate of drug-likeness (QED) is 0.254. The van der Waals surface area contributed by atoms with Gasteiger partial charge in [-0.15, -0.1) is 0 Å². The highest BCUT2D eigenvalue weighted by Gasteiger charge is 2.56. The van der Waals surface area contributed by atoms with E-state index in [1.165, 1.54) is 28.8 Å². The summed E-state index contributed by atoms with van der Waals surface area (Å²) in [5.74, 6) is -3.03. The summed E-state index contributed by atoms with van der Waals surface area (Å²) in [5, 5.41) is 2.54. The molecule has 0 saturated carbocycles. The standard InChI is InChI=1S/C33H31FN4O4S2/c1-4-36(5-2)23-13-9-20(10-14-23)26-27-28(31(41)38(30(27)40)24-15-11-21(34)12-16-24)43-32-29(26)44-33(42)37(32)18-25(39)35-22-8-6-7-19(3)17-22/h6-17,26-28H,4-5,18H2,1-3H3,(H,35,39)/t26-,27?,28?/m1/s1. The highest BCUT2D eigenvalue weighted by Crippen LogP contribution is 2.54. The van der Waals surface area contributed by atoms with E-state index < -0.39 is 34.7 Å². The fourth-order valence-corrected chi connectivity index (χ4v) is 8.78. The molecule has 0 radical (unpaired) electrons. The van der Waals surface area contributed by atoms with Crippen LogP contribution < -0.4 is 20.0 Å². The number of imide groups is 1. The van der Waals surface area contributed by atoms with Gasteiger partial charge in [-0.1, -0.05) is 47.4 Å². The van der Waals surface area contributed by atoms with Gasteiger partial charge in [0.2, 0.25) is 17.7 Å². The van der Waals surface area contributed by atoms with Crippen molar-refractivity contribution in [1.29, 1.82) is 0 Å². The number of nitrogens with zero attached hydrogens (tertiary/aromatic N) is 3. The number of amides is 3. The summed E-state index contributed by atoms with van der Waals surface area (Å²) in [6.07, 6.45) is 0. The van der Waals surface area contributed by atoms with Gasteiger partial charge in [-0.05, 0) is 80.4 Å². The second-order valence-electron chi connectivity index (χ2n) is 10.8. The topological polar surface area (TPSA) is 91.7 Å². The number of hydrogen-bond donors (Lipinski definition) is 1. The van der Waals surface area contributed by atoms with Crippen molar-refractivity contribution in [3.63, 3.8) is 0 Å². The van der Waals surface area contributed by atoms with Crippen molar-refractivity contribution >= 4 is 57.9 Å². The smallest absolute Gasteiger partial charge is 0.308 e. The molecule has 0 bridgehead atoms. The zero-order valence-corrected chi connectivity index (χ0v) is 26.1. The molecule has 44 heavy (non-hydrogen) atoms. The molecule has 1 fully saturated rings.